The Balaban J connectivity index is 0.000000561. The summed E-state index contributed by atoms with van der Waals surface area (Å²) in [6.45, 7) is 5.63. The third-order valence-corrected chi connectivity index (χ3v) is 1.35. The third-order valence-electron chi connectivity index (χ3n) is 1.35. The van der Waals surface area contributed by atoms with Crippen molar-refractivity contribution in [3.63, 3.8) is 0 Å². The van der Waals surface area contributed by atoms with E-state index in [0.29, 0.717) is 11.8 Å². The van der Waals surface area contributed by atoms with Crippen molar-refractivity contribution in [2.45, 2.75) is 20.8 Å². The van der Waals surface area contributed by atoms with Crippen LogP contribution < -0.4 is 0 Å². The van der Waals surface area contributed by atoms with Crippen molar-refractivity contribution >= 4 is 6.29 Å². The van der Waals surface area contributed by atoms with E-state index in [0.717, 1.165) is 0 Å². The summed E-state index contributed by atoms with van der Waals surface area (Å²) in [5, 5.41) is 0. The van der Waals surface area contributed by atoms with E-state index in [4.69, 9.17) is 0 Å². The van der Waals surface area contributed by atoms with Gasteiger partial charge >= 0.3 is 0 Å². The third kappa shape index (κ3) is 2.46. The first-order chi connectivity index (χ1) is 5.75. The van der Waals surface area contributed by atoms with Crippen LogP contribution in [0.2, 0.25) is 0 Å². The van der Waals surface area contributed by atoms with Crippen molar-refractivity contribution in [2.24, 2.45) is 0 Å². The van der Waals surface area contributed by atoms with Crippen LogP contribution in [0.3, 0.4) is 0 Å². The molecule has 0 aliphatic carbocycles. The molecule has 0 amide bonds. The molecule has 0 bridgehead atoms. The van der Waals surface area contributed by atoms with Gasteiger partial charge in [-0.2, -0.15) is 0 Å². The van der Waals surface area contributed by atoms with Gasteiger partial charge < -0.3 is 0 Å². The van der Waals surface area contributed by atoms with Gasteiger partial charge in [0.15, 0.2) is 6.29 Å². The molecule has 0 unspecified atom stereocenters. The molecule has 0 atom stereocenters. The Morgan fingerprint density at radius 2 is 1.92 bits per heavy atom. The first-order valence-corrected chi connectivity index (χ1v) is 3.96. The number of hydrogen-bond donors (Lipinski definition) is 0. The van der Waals surface area contributed by atoms with Crippen LogP contribution in [0.5, 0.6) is 0 Å². The van der Waals surface area contributed by atoms with Crippen LogP contribution in [-0.4, -0.2) is 6.29 Å². The molecule has 0 spiro atoms. The molecular formula is C10H13FO. The Labute approximate surface area is 72.2 Å². The number of aryl methyl sites for hydroxylation is 1. The number of aldehydes is 1. The Kier molecular flexibility index (Phi) is 4.93. The van der Waals surface area contributed by atoms with Gasteiger partial charge in [-0.15, -0.1) is 0 Å². The molecule has 66 valence electrons. The summed E-state index contributed by atoms with van der Waals surface area (Å²) >= 11 is 0. The predicted molar refractivity (Wildman–Crippen MR) is 47.9 cm³/mol. The number of halogens is 1. The van der Waals surface area contributed by atoms with Crippen molar-refractivity contribution in [3.8, 4) is 0 Å². The van der Waals surface area contributed by atoms with E-state index in [9.17, 15) is 9.18 Å². The van der Waals surface area contributed by atoms with Gasteiger partial charge in [0, 0.05) is 0 Å². The Morgan fingerprint density at radius 3 is 2.33 bits per heavy atom. The number of hydrogen-bond acceptors (Lipinski definition) is 1. The smallest absolute Gasteiger partial charge is 0.153 e. The molecule has 0 aliphatic rings. The second-order valence-corrected chi connectivity index (χ2v) is 2.10. The number of rotatable bonds is 1. The fraction of sp³-hybridized carbons (Fsp3) is 0.300. The molecule has 0 saturated carbocycles. The zero-order valence-corrected chi connectivity index (χ0v) is 7.60. The lowest BCUT2D eigenvalue weighted by Crippen LogP contribution is -1.89. The minimum Gasteiger partial charge on any atom is -0.298 e. The van der Waals surface area contributed by atoms with Gasteiger partial charge in [-0.3, -0.25) is 4.79 Å². The average Bonchev–Trinajstić information content (AvgIpc) is 2.13. The molecule has 0 radical (unpaired) electrons. The van der Waals surface area contributed by atoms with E-state index in [1.165, 1.54) is 6.07 Å². The maximum Gasteiger partial charge on any atom is 0.153 e. The molecule has 0 fully saturated rings. The summed E-state index contributed by atoms with van der Waals surface area (Å²) in [6, 6.07) is 4.74. The zero-order valence-electron chi connectivity index (χ0n) is 7.60. The lowest BCUT2D eigenvalue weighted by atomic mass is 10.1. The molecular weight excluding hydrogens is 155 g/mol. The normalized spacial score (nSPS) is 8.33. The summed E-state index contributed by atoms with van der Waals surface area (Å²) in [7, 11) is 0. The minimum absolute atomic E-state index is 0.125. The van der Waals surface area contributed by atoms with Crippen LogP contribution in [0.4, 0.5) is 4.39 Å². The van der Waals surface area contributed by atoms with Crippen LogP contribution in [0, 0.1) is 12.7 Å². The Morgan fingerprint density at radius 1 is 1.33 bits per heavy atom. The Bertz CT molecular complexity index is 256. The lowest BCUT2D eigenvalue weighted by Gasteiger charge is -1.95. The highest BCUT2D eigenvalue weighted by molar-refractivity contribution is 5.75. The Hall–Kier alpha value is -1.18. The monoisotopic (exact) mass is 168 g/mol. The molecule has 0 aliphatic heterocycles. The first-order valence-electron chi connectivity index (χ1n) is 3.96. The predicted octanol–water partition coefficient (Wildman–Crippen LogP) is 2.97. The fourth-order valence-electron chi connectivity index (χ4n) is 0.761. The van der Waals surface area contributed by atoms with Crippen molar-refractivity contribution in [1.82, 2.24) is 0 Å². The zero-order chi connectivity index (χ0) is 9.56. The summed E-state index contributed by atoms with van der Waals surface area (Å²) in [4.78, 5) is 10.1. The summed E-state index contributed by atoms with van der Waals surface area (Å²) in [6.07, 6.45) is 0.516. The number of carbonyl (C=O) groups excluding carboxylic acids is 1. The largest absolute Gasteiger partial charge is 0.298 e. The molecule has 0 heterocycles. The maximum absolute atomic E-state index is 12.8. The van der Waals surface area contributed by atoms with Crippen LogP contribution in [-0.2, 0) is 0 Å². The quantitative estimate of drug-likeness (QED) is 0.589. The number of benzene rings is 1. The average molecular weight is 168 g/mol. The van der Waals surface area contributed by atoms with Gasteiger partial charge in [0.05, 0.1) is 5.56 Å². The molecule has 2 heteroatoms. The van der Waals surface area contributed by atoms with E-state index in [1.807, 2.05) is 13.8 Å². The topological polar surface area (TPSA) is 17.1 Å². The summed E-state index contributed by atoms with van der Waals surface area (Å²) in [5.41, 5.74) is 0.629. The van der Waals surface area contributed by atoms with Crippen molar-refractivity contribution in [3.05, 3.63) is 35.1 Å². The summed E-state index contributed by atoms with van der Waals surface area (Å²) in [5.74, 6) is -0.419. The van der Waals surface area contributed by atoms with Crippen LogP contribution in [0.1, 0.15) is 29.8 Å². The minimum atomic E-state index is -0.419. The highest BCUT2D eigenvalue weighted by Crippen LogP contribution is 2.08. The second kappa shape index (κ2) is 5.47. The maximum atomic E-state index is 12.8. The van der Waals surface area contributed by atoms with Crippen LogP contribution >= 0.6 is 0 Å². The molecule has 1 nitrogen and oxygen atoms in total. The highest BCUT2D eigenvalue weighted by Gasteiger charge is 2.00. The van der Waals surface area contributed by atoms with E-state index >= 15 is 0 Å². The van der Waals surface area contributed by atoms with E-state index in [-0.39, 0.29) is 5.56 Å². The molecule has 0 N–H and O–H groups in total. The van der Waals surface area contributed by atoms with Crippen molar-refractivity contribution in [2.75, 3.05) is 0 Å². The van der Waals surface area contributed by atoms with Crippen molar-refractivity contribution < 1.29 is 9.18 Å². The summed E-state index contributed by atoms with van der Waals surface area (Å²) < 4.78 is 12.8. The van der Waals surface area contributed by atoms with E-state index < -0.39 is 5.82 Å². The molecule has 0 saturated heterocycles. The van der Waals surface area contributed by atoms with E-state index in [2.05, 4.69) is 0 Å². The second-order valence-electron chi connectivity index (χ2n) is 2.10. The SMILES string of the molecule is CC.Cc1cccc(C=O)c1F. The molecule has 1 aromatic carbocycles. The lowest BCUT2D eigenvalue weighted by molar-refractivity contribution is 0.111. The molecule has 0 aromatic heterocycles. The van der Waals surface area contributed by atoms with Gasteiger partial charge in [0.1, 0.15) is 5.82 Å². The van der Waals surface area contributed by atoms with Crippen molar-refractivity contribution in [1.29, 1.82) is 0 Å². The van der Waals surface area contributed by atoms with Gasteiger partial charge in [-0.05, 0) is 18.6 Å². The van der Waals surface area contributed by atoms with Crippen LogP contribution in [0.25, 0.3) is 0 Å². The molecule has 1 aromatic rings. The van der Waals surface area contributed by atoms with Crippen LogP contribution in [0.15, 0.2) is 18.2 Å². The highest BCUT2D eigenvalue weighted by atomic mass is 19.1. The standard InChI is InChI=1S/C8H7FO.C2H6/c1-6-3-2-4-7(5-10)8(6)9;1-2/h2-5H,1H3;1-2H3. The molecule has 12 heavy (non-hydrogen) atoms. The first kappa shape index (κ1) is 10.8. The van der Waals surface area contributed by atoms with Gasteiger partial charge in [-0.25, -0.2) is 4.39 Å². The van der Waals surface area contributed by atoms with E-state index in [1.54, 1.807) is 19.1 Å². The van der Waals surface area contributed by atoms with Gasteiger partial charge in [0.25, 0.3) is 0 Å². The molecule has 1 rings (SSSR count). The van der Waals surface area contributed by atoms with Gasteiger partial charge in [-0.1, -0.05) is 26.0 Å². The number of carbonyl (C=O) groups is 1. The fourth-order valence-corrected chi connectivity index (χ4v) is 0.761. The van der Waals surface area contributed by atoms with Gasteiger partial charge in [0.2, 0.25) is 0 Å².